The van der Waals surface area contributed by atoms with Crippen molar-refractivity contribution in [3.05, 3.63) is 82.1 Å². The first-order valence-corrected chi connectivity index (χ1v) is 14.4. The van der Waals surface area contributed by atoms with Crippen LogP contribution in [-0.2, 0) is 19.0 Å². The molecule has 0 aromatic heterocycles. The van der Waals surface area contributed by atoms with E-state index >= 15 is 0 Å². The minimum Gasteiger partial charge on any atom is -0.465 e. The van der Waals surface area contributed by atoms with E-state index in [0.29, 0.717) is 17.6 Å². The van der Waals surface area contributed by atoms with Crippen LogP contribution in [-0.4, -0.2) is 49.9 Å². The standard InChI is InChI=1S/C34H44N2O6/c1-10-41-32(38)29-23(5)36(26-17-15-25(16-18-26)31(37)40-9)28(19-21(2)3)27(20-35-33(39)42-34(6,7)8)30(29)24-13-11-22(4)12-14-24/h11-18,21,23H,10,19-20H2,1-9H3,(H,35,39). The Morgan fingerprint density at radius 3 is 2.12 bits per heavy atom. The monoisotopic (exact) mass is 576 g/mol. The lowest BCUT2D eigenvalue weighted by molar-refractivity contribution is -0.138. The van der Waals surface area contributed by atoms with E-state index in [2.05, 4.69) is 24.1 Å². The highest BCUT2D eigenvalue weighted by atomic mass is 16.6. The van der Waals surface area contributed by atoms with Crippen LogP contribution in [0.3, 0.4) is 0 Å². The van der Waals surface area contributed by atoms with Crippen LogP contribution in [0, 0.1) is 12.8 Å². The smallest absolute Gasteiger partial charge is 0.407 e. The molecule has 0 radical (unpaired) electrons. The van der Waals surface area contributed by atoms with E-state index in [-0.39, 0.29) is 19.1 Å². The molecule has 8 heteroatoms. The van der Waals surface area contributed by atoms with E-state index in [1.54, 1.807) is 19.1 Å². The number of carbonyl (C=O) groups excluding carboxylic acids is 3. The molecular formula is C34H44N2O6. The minimum atomic E-state index is -0.667. The lowest BCUT2D eigenvalue weighted by Gasteiger charge is -2.42. The van der Waals surface area contributed by atoms with Gasteiger partial charge in [-0.15, -0.1) is 0 Å². The molecule has 8 nitrogen and oxygen atoms in total. The van der Waals surface area contributed by atoms with Gasteiger partial charge in [-0.3, -0.25) is 0 Å². The average Bonchev–Trinajstić information content (AvgIpc) is 2.91. The molecule has 3 rings (SSSR count). The zero-order valence-corrected chi connectivity index (χ0v) is 26.3. The predicted molar refractivity (Wildman–Crippen MR) is 165 cm³/mol. The van der Waals surface area contributed by atoms with Gasteiger partial charge in [0.05, 0.1) is 30.9 Å². The first-order chi connectivity index (χ1) is 19.8. The summed E-state index contributed by atoms with van der Waals surface area (Å²) in [6.07, 6.45) is 0.118. The van der Waals surface area contributed by atoms with Gasteiger partial charge in [0.25, 0.3) is 0 Å². The van der Waals surface area contributed by atoms with Crippen molar-refractivity contribution >= 4 is 29.3 Å². The quantitative estimate of drug-likeness (QED) is 0.258. The average molecular weight is 577 g/mol. The second kappa shape index (κ2) is 13.7. The number of alkyl carbamates (subject to hydrolysis) is 1. The second-order valence-electron chi connectivity index (χ2n) is 11.8. The number of rotatable bonds is 9. The van der Waals surface area contributed by atoms with E-state index in [1.807, 2.05) is 71.0 Å². The Bertz CT molecular complexity index is 1350. The number of carbonyl (C=O) groups is 3. The van der Waals surface area contributed by atoms with Crippen molar-refractivity contribution < 1.29 is 28.6 Å². The van der Waals surface area contributed by atoms with Crippen molar-refractivity contribution in [2.45, 2.75) is 73.5 Å². The van der Waals surface area contributed by atoms with Gasteiger partial charge in [0, 0.05) is 23.5 Å². The Balaban J connectivity index is 2.32. The molecule has 1 atom stereocenters. The van der Waals surface area contributed by atoms with Gasteiger partial charge in [-0.1, -0.05) is 43.7 Å². The fourth-order valence-corrected chi connectivity index (χ4v) is 5.08. The summed E-state index contributed by atoms with van der Waals surface area (Å²) < 4.78 is 16.1. The van der Waals surface area contributed by atoms with Crippen LogP contribution in [0.25, 0.3) is 5.57 Å². The summed E-state index contributed by atoms with van der Waals surface area (Å²) in [5.74, 6) is -0.596. The number of hydrogen-bond donors (Lipinski definition) is 1. The molecule has 0 spiro atoms. The van der Waals surface area contributed by atoms with Crippen LogP contribution >= 0.6 is 0 Å². The van der Waals surface area contributed by atoms with E-state index in [0.717, 1.165) is 33.7 Å². The maximum absolute atomic E-state index is 13.7. The third-order valence-electron chi connectivity index (χ3n) is 6.83. The van der Waals surface area contributed by atoms with E-state index in [9.17, 15) is 14.4 Å². The van der Waals surface area contributed by atoms with Crippen LogP contribution in [0.15, 0.2) is 65.4 Å². The molecule has 2 aromatic rings. The number of ether oxygens (including phenoxy) is 3. The summed E-state index contributed by atoms with van der Waals surface area (Å²) in [6, 6.07) is 14.7. The van der Waals surface area contributed by atoms with Crippen molar-refractivity contribution in [2.24, 2.45) is 5.92 Å². The van der Waals surface area contributed by atoms with Crippen molar-refractivity contribution in [3.63, 3.8) is 0 Å². The highest BCUT2D eigenvalue weighted by molar-refractivity contribution is 6.05. The number of allylic oxidation sites excluding steroid dienone is 1. The largest absolute Gasteiger partial charge is 0.465 e. The van der Waals surface area contributed by atoms with Crippen molar-refractivity contribution in [2.75, 3.05) is 25.2 Å². The number of amides is 1. The number of aryl methyl sites for hydroxylation is 1. The summed E-state index contributed by atoms with van der Waals surface area (Å²) in [7, 11) is 1.35. The SMILES string of the molecule is CCOC(=O)C1=C(c2ccc(C)cc2)C(CNC(=O)OC(C)(C)C)=C(CC(C)C)N(c2ccc(C(=O)OC)cc2)C1C. The molecule has 0 aliphatic carbocycles. The van der Waals surface area contributed by atoms with Crippen molar-refractivity contribution in [3.8, 4) is 0 Å². The maximum atomic E-state index is 13.7. The minimum absolute atomic E-state index is 0.131. The number of benzene rings is 2. The molecule has 0 saturated heterocycles. The van der Waals surface area contributed by atoms with Gasteiger partial charge in [0.2, 0.25) is 0 Å². The number of methoxy groups -OCH3 is 1. The lowest BCUT2D eigenvalue weighted by Crippen LogP contribution is -2.43. The van der Waals surface area contributed by atoms with Gasteiger partial charge in [-0.2, -0.15) is 0 Å². The lowest BCUT2D eigenvalue weighted by atomic mass is 9.82. The molecule has 1 aliphatic rings. The summed E-state index contributed by atoms with van der Waals surface area (Å²) in [4.78, 5) is 40.8. The summed E-state index contributed by atoms with van der Waals surface area (Å²) in [5, 5.41) is 2.94. The molecule has 42 heavy (non-hydrogen) atoms. The van der Waals surface area contributed by atoms with Crippen molar-refractivity contribution in [1.82, 2.24) is 5.32 Å². The summed E-state index contributed by atoms with van der Waals surface area (Å²) >= 11 is 0. The first-order valence-electron chi connectivity index (χ1n) is 14.4. The third-order valence-corrected chi connectivity index (χ3v) is 6.83. The Labute approximate surface area is 249 Å². The number of nitrogens with one attached hydrogen (secondary N) is 1. The van der Waals surface area contributed by atoms with Gasteiger partial charge in [0.1, 0.15) is 5.60 Å². The molecule has 1 aliphatic heterocycles. The number of anilines is 1. The van der Waals surface area contributed by atoms with Crippen molar-refractivity contribution in [1.29, 1.82) is 0 Å². The highest BCUT2D eigenvalue weighted by Gasteiger charge is 2.38. The molecule has 0 fully saturated rings. The molecule has 1 heterocycles. The van der Waals surface area contributed by atoms with Gasteiger partial charge in [0.15, 0.2) is 0 Å². The zero-order chi connectivity index (χ0) is 31.2. The van der Waals surface area contributed by atoms with E-state index in [1.165, 1.54) is 7.11 Å². The number of hydrogen-bond acceptors (Lipinski definition) is 7. The molecule has 1 unspecified atom stereocenters. The van der Waals surface area contributed by atoms with Gasteiger partial charge >= 0.3 is 18.0 Å². The Kier molecular flexibility index (Phi) is 10.6. The van der Waals surface area contributed by atoms with Gasteiger partial charge in [-0.05, 0) is 89.3 Å². The number of esters is 2. The molecule has 2 aromatic carbocycles. The molecular weight excluding hydrogens is 532 g/mol. The van der Waals surface area contributed by atoms with E-state index < -0.39 is 29.7 Å². The molecule has 0 saturated carbocycles. The second-order valence-corrected chi connectivity index (χ2v) is 11.8. The molecule has 226 valence electrons. The molecule has 0 bridgehead atoms. The fourth-order valence-electron chi connectivity index (χ4n) is 5.08. The van der Waals surface area contributed by atoms with Crippen LogP contribution in [0.2, 0.25) is 0 Å². The zero-order valence-electron chi connectivity index (χ0n) is 26.3. The summed E-state index contributed by atoms with van der Waals surface area (Å²) in [6.45, 7) is 15.8. The first kappa shape index (κ1) is 32.4. The highest BCUT2D eigenvalue weighted by Crippen LogP contribution is 2.43. The number of nitrogens with zero attached hydrogens (tertiary/aromatic N) is 1. The maximum Gasteiger partial charge on any atom is 0.407 e. The predicted octanol–water partition coefficient (Wildman–Crippen LogP) is 6.83. The van der Waals surface area contributed by atoms with Gasteiger partial charge in [-0.25, -0.2) is 14.4 Å². The molecule has 1 N–H and O–H groups in total. The normalized spacial score (nSPS) is 15.6. The fraction of sp³-hybridized carbons (Fsp3) is 0.441. The Hall–Kier alpha value is -4.07. The van der Waals surface area contributed by atoms with Gasteiger partial charge < -0.3 is 24.4 Å². The van der Waals surface area contributed by atoms with E-state index in [4.69, 9.17) is 14.2 Å². The Morgan fingerprint density at radius 1 is 0.976 bits per heavy atom. The Morgan fingerprint density at radius 2 is 1.60 bits per heavy atom. The van der Waals surface area contributed by atoms with Crippen LogP contribution < -0.4 is 10.2 Å². The third kappa shape index (κ3) is 7.81. The van der Waals surface area contributed by atoms with Crippen LogP contribution in [0.1, 0.15) is 76.4 Å². The van der Waals surface area contributed by atoms with Crippen LogP contribution in [0.4, 0.5) is 10.5 Å². The summed E-state index contributed by atoms with van der Waals surface area (Å²) in [5.41, 5.74) is 5.51. The molecule has 1 amide bonds. The topological polar surface area (TPSA) is 94.2 Å². The van der Waals surface area contributed by atoms with Crippen LogP contribution in [0.5, 0.6) is 0 Å².